The van der Waals surface area contributed by atoms with Crippen LogP contribution in [0.2, 0.25) is 0 Å². The monoisotopic (exact) mass is 264 g/mol. The van der Waals surface area contributed by atoms with Gasteiger partial charge in [-0.1, -0.05) is 27.7 Å². The molecule has 0 aliphatic heterocycles. The lowest BCUT2D eigenvalue weighted by Crippen LogP contribution is -2.10. The first-order valence-corrected chi connectivity index (χ1v) is 7.03. The Kier molecular flexibility index (Phi) is 3.43. The van der Waals surface area contributed by atoms with Crippen molar-refractivity contribution in [2.24, 2.45) is 0 Å². The highest BCUT2D eigenvalue weighted by atomic mass is 32.1. The fourth-order valence-electron chi connectivity index (χ4n) is 1.70. The third-order valence-corrected chi connectivity index (χ3v) is 3.96. The summed E-state index contributed by atoms with van der Waals surface area (Å²) in [5.41, 5.74) is 7.99. The Morgan fingerprint density at radius 3 is 2.67 bits per heavy atom. The molecular weight excluding hydrogens is 244 g/mol. The summed E-state index contributed by atoms with van der Waals surface area (Å²) < 4.78 is 1.94. The molecule has 0 bridgehead atoms. The SMILES string of the molecule is CCCn1cc(-c2nc(C(C)(C)C)sc2N)cn1. The molecule has 2 rings (SSSR count). The molecule has 0 saturated heterocycles. The van der Waals surface area contributed by atoms with E-state index in [1.807, 2.05) is 17.1 Å². The summed E-state index contributed by atoms with van der Waals surface area (Å²) in [6, 6.07) is 0. The number of rotatable bonds is 3. The molecule has 0 unspecified atom stereocenters. The molecule has 98 valence electrons. The van der Waals surface area contributed by atoms with Crippen molar-refractivity contribution >= 4 is 16.3 Å². The van der Waals surface area contributed by atoms with Crippen molar-refractivity contribution in [2.75, 3.05) is 5.73 Å². The Balaban J connectivity index is 2.35. The third-order valence-electron chi connectivity index (χ3n) is 2.65. The van der Waals surface area contributed by atoms with Crippen LogP contribution < -0.4 is 5.73 Å². The Morgan fingerprint density at radius 2 is 2.11 bits per heavy atom. The first-order valence-electron chi connectivity index (χ1n) is 6.21. The van der Waals surface area contributed by atoms with E-state index < -0.39 is 0 Å². The summed E-state index contributed by atoms with van der Waals surface area (Å²) >= 11 is 1.57. The Hall–Kier alpha value is -1.36. The first-order chi connectivity index (χ1) is 8.41. The van der Waals surface area contributed by atoms with E-state index in [0.717, 1.165) is 34.2 Å². The Labute approximate surface area is 112 Å². The first kappa shape index (κ1) is 13.1. The number of hydrogen-bond donors (Lipinski definition) is 1. The number of hydrogen-bond acceptors (Lipinski definition) is 4. The van der Waals surface area contributed by atoms with Gasteiger partial charge in [-0.3, -0.25) is 4.68 Å². The number of aromatic nitrogens is 3. The summed E-state index contributed by atoms with van der Waals surface area (Å²) in [7, 11) is 0. The molecule has 0 aliphatic rings. The van der Waals surface area contributed by atoms with Crippen LogP contribution in [-0.4, -0.2) is 14.8 Å². The van der Waals surface area contributed by atoms with E-state index in [0.29, 0.717) is 0 Å². The van der Waals surface area contributed by atoms with E-state index >= 15 is 0 Å². The van der Waals surface area contributed by atoms with Crippen molar-refractivity contribution in [1.29, 1.82) is 0 Å². The van der Waals surface area contributed by atoms with Crippen molar-refractivity contribution in [3.05, 3.63) is 17.4 Å². The van der Waals surface area contributed by atoms with Crippen molar-refractivity contribution in [3.63, 3.8) is 0 Å². The molecule has 0 fully saturated rings. The van der Waals surface area contributed by atoms with Crippen LogP contribution >= 0.6 is 11.3 Å². The Bertz CT molecular complexity index is 533. The standard InChI is InChI=1S/C13H20N4S/c1-5-6-17-8-9(7-15-17)10-11(14)18-12(16-10)13(2,3)4/h7-8H,5-6,14H2,1-4H3. The second kappa shape index (κ2) is 4.72. The van der Waals surface area contributed by atoms with Crippen LogP contribution in [0.25, 0.3) is 11.3 Å². The van der Waals surface area contributed by atoms with Gasteiger partial charge in [0.25, 0.3) is 0 Å². The fraction of sp³-hybridized carbons (Fsp3) is 0.538. The van der Waals surface area contributed by atoms with E-state index in [9.17, 15) is 0 Å². The van der Waals surface area contributed by atoms with Gasteiger partial charge in [-0.25, -0.2) is 4.98 Å². The second-order valence-electron chi connectivity index (χ2n) is 5.47. The van der Waals surface area contributed by atoms with Gasteiger partial charge in [0.2, 0.25) is 0 Å². The van der Waals surface area contributed by atoms with Crippen molar-refractivity contribution in [1.82, 2.24) is 14.8 Å². The molecule has 2 aromatic heterocycles. The zero-order valence-corrected chi connectivity index (χ0v) is 12.2. The van der Waals surface area contributed by atoms with Gasteiger partial charge in [0.1, 0.15) is 15.7 Å². The number of anilines is 1. The van der Waals surface area contributed by atoms with Gasteiger partial charge in [-0.2, -0.15) is 5.10 Å². The van der Waals surface area contributed by atoms with E-state index in [2.05, 4.69) is 37.8 Å². The molecule has 0 spiro atoms. The summed E-state index contributed by atoms with van der Waals surface area (Å²) in [6.45, 7) is 9.51. The minimum Gasteiger partial charge on any atom is -0.389 e. The van der Waals surface area contributed by atoms with E-state index in [1.54, 1.807) is 11.3 Å². The number of nitrogen functional groups attached to an aromatic ring is 1. The molecule has 0 saturated carbocycles. The van der Waals surface area contributed by atoms with Gasteiger partial charge in [-0.15, -0.1) is 11.3 Å². The Morgan fingerprint density at radius 1 is 1.39 bits per heavy atom. The van der Waals surface area contributed by atoms with E-state index in [4.69, 9.17) is 5.73 Å². The summed E-state index contributed by atoms with van der Waals surface area (Å²) in [6.07, 6.45) is 4.93. The number of nitrogens with zero attached hydrogens (tertiary/aromatic N) is 3. The number of nitrogens with two attached hydrogens (primary N) is 1. The predicted molar refractivity (Wildman–Crippen MR) is 76.7 cm³/mol. The summed E-state index contributed by atoms with van der Waals surface area (Å²) in [5, 5.41) is 6.16. The van der Waals surface area contributed by atoms with Gasteiger partial charge < -0.3 is 5.73 Å². The highest BCUT2D eigenvalue weighted by Gasteiger charge is 2.21. The largest absolute Gasteiger partial charge is 0.389 e. The smallest absolute Gasteiger partial charge is 0.114 e. The molecule has 5 heteroatoms. The van der Waals surface area contributed by atoms with Crippen LogP contribution in [-0.2, 0) is 12.0 Å². The van der Waals surface area contributed by atoms with E-state index in [1.165, 1.54) is 0 Å². The number of aryl methyl sites for hydroxylation is 1. The molecule has 2 N–H and O–H groups in total. The molecular formula is C13H20N4S. The fourth-order valence-corrected chi connectivity index (χ4v) is 2.61. The maximum atomic E-state index is 6.07. The minimum absolute atomic E-state index is 0.0381. The van der Waals surface area contributed by atoms with Crippen molar-refractivity contribution < 1.29 is 0 Å². The normalized spacial score (nSPS) is 12.0. The van der Waals surface area contributed by atoms with Crippen molar-refractivity contribution in [2.45, 2.75) is 46.1 Å². The van der Waals surface area contributed by atoms with Gasteiger partial charge >= 0.3 is 0 Å². The summed E-state index contributed by atoms with van der Waals surface area (Å²) in [5.74, 6) is 0. The topological polar surface area (TPSA) is 56.7 Å². The number of thiazole rings is 1. The molecule has 0 aromatic carbocycles. The quantitative estimate of drug-likeness (QED) is 0.925. The zero-order chi connectivity index (χ0) is 13.3. The van der Waals surface area contributed by atoms with Crippen LogP contribution in [0, 0.1) is 0 Å². The average molecular weight is 264 g/mol. The van der Waals surface area contributed by atoms with Gasteiger partial charge in [0.05, 0.1) is 6.20 Å². The van der Waals surface area contributed by atoms with Crippen LogP contribution in [0.1, 0.15) is 39.1 Å². The molecule has 0 atom stereocenters. The molecule has 0 aliphatic carbocycles. The minimum atomic E-state index is 0.0381. The lowest BCUT2D eigenvalue weighted by molar-refractivity contribution is 0.586. The molecule has 18 heavy (non-hydrogen) atoms. The molecule has 2 aromatic rings. The lowest BCUT2D eigenvalue weighted by atomic mass is 9.98. The van der Waals surface area contributed by atoms with Crippen molar-refractivity contribution in [3.8, 4) is 11.3 Å². The van der Waals surface area contributed by atoms with Crippen LogP contribution in [0.3, 0.4) is 0 Å². The van der Waals surface area contributed by atoms with Crippen LogP contribution in [0.15, 0.2) is 12.4 Å². The molecule has 0 amide bonds. The van der Waals surface area contributed by atoms with Crippen LogP contribution in [0.5, 0.6) is 0 Å². The zero-order valence-electron chi connectivity index (χ0n) is 11.4. The average Bonchev–Trinajstić information content (AvgIpc) is 2.84. The predicted octanol–water partition coefficient (Wildman–Crippen LogP) is 3.30. The lowest BCUT2D eigenvalue weighted by Gasteiger charge is -2.13. The maximum Gasteiger partial charge on any atom is 0.114 e. The van der Waals surface area contributed by atoms with Gasteiger partial charge in [-0.05, 0) is 6.42 Å². The summed E-state index contributed by atoms with van der Waals surface area (Å²) in [4.78, 5) is 4.66. The highest BCUT2D eigenvalue weighted by molar-refractivity contribution is 7.16. The molecule has 2 heterocycles. The highest BCUT2D eigenvalue weighted by Crippen LogP contribution is 2.35. The molecule has 0 radical (unpaired) electrons. The third kappa shape index (κ3) is 2.56. The molecule has 4 nitrogen and oxygen atoms in total. The van der Waals surface area contributed by atoms with Gasteiger partial charge in [0.15, 0.2) is 0 Å². The van der Waals surface area contributed by atoms with Gasteiger partial charge in [0, 0.05) is 23.7 Å². The second-order valence-corrected chi connectivity index (χ2v) is 6.50. The van der Waals surface area contributed by atoms with E-state index in [-0.39, 0.29) is 5.41 Å². The maximum absolute atomic E-state index is 6.07. The van der Waals surface area contributed by atoms with Crippen LogP contribution in [0.4, 0.5) is 5.00 Å².